The van der Waals surface area contributed by atoms with E-state index in [1.807, 2.05) is 23.1 Å². The number of methoxy groups -OCH3 is 1. The number of para-hydroxylation sites is 1. The third-order valence-corrected chi connectivity index (χ3v) is 5.41. The van der Waals surface area contributed by atoms with Crippen molar-refractivity contribution in [3.05, 3.63) is 30.1 Å². The number of amides is 1. The first-order valence-corrected chi connectivity index (χ1v) is 8.63. The molecule has 1 aliphatic carbocycles. The summed E-state index contributed by atoms with van der Waals surface area (Å²) in [5.74, 6) is 0.389. The number of hydrogen-bond donors (Lipinski definition) is 1. The molecule has 1 N–H and O–H groups in total. The summed E-state index contributed by atoms with van der Waals surface area (Å²) in [5, 5.41) is 0. The van der Waals surface area contributed by atoms with Gasteiger partial charge in [0.25, 0.3) is 5.91 Å². The smallest absolute Gasteiger partial charge is 0.256 e. The van der Waals surface area contributed by atoms with Crippen molar-refractivity contribution >= 4 is 16.9 Å². The van der Waals surface area contributed by atoms with E-state index in [1.54, 1.807) is 13.4 Å². The SMILES string of the molecule is CO[C@@H]1CCC[C@H]1[C@@H]1COCCN1C(=O)c1cccc2[nH]cnc12. The Morgan fingerprint density at radius 1 is 1.42 bits per heavy atom. The Morgan fingerprint density at radius 3 is 3.21 bits per heavy atom. The standard InChI is InChI=1S/C18H23N3O3/c1-23-16-7-3-4-12(16)15-10-24-9-8-21(15)18(22)13-5-2-6-14-17(13)20-11-19-14/h2,5-6,11-12,15-16H,3-4,7-10H2,1H3,(H,19,20)/t12-,15-,16+/m0/s1. The molecule has 0 radical (unpaired) electrons. The largest absolute Gasteiger partial charge is 0.381 e. The van der Waals surface area contributed by atoms with Crippen LogP contribution in [0, 0.1) is 5.92 Å². The molecule has 1 aromatic carbocycles. The topological polar surface area (TPSA) is 67.5 Å². The minimum absolute atomic E-state index is 0.0442. The van der Waals surface area contributed by atoms with Gasteiger partial charge in [-0.3, -0.25) is 4.79 Å². The lowest BCUT2D eigenvalue weighted by atomic mass is 9.93. The van der Waals surface area contributed by atoms with Crippen LogP contribution in [0.2, 0.25) is 0 Å². The maximum Gasteiger partial charge on any atom is 0.256 e. The molecule has 0 bridgehead atoms. The van der Waals surface area contributed by atoms with E-state index in [-0.39, 0.29) is 18.1 Å². The van der Waals surface area contributed by atoms with Gasteiger partial charge in [-0.1, -0.05) is 12.5 Å². The van der Waals surface area contributed by atoms with E-state index in [4.69, 9.17) is 9.47 Å². The summed E-state index contributed by atoms with van der Waals surface area (Å²) in [6.45, 7) is 1.80. The number of ether oxygens (including phenoxy) is 2. The number of carbonyl (C=O) groups excluding carboxylic acids is 1. The molecule has 1 aromatic heterocycles. The van der Waals surface area contributed by atoms with Gasteiger partial charge in [0.05, 0.1) is 42.8 Å². The van der Waals surface area contributed by atoms with Gasteiger partial charge in [0.1, 0.15) is 5.52 Å². The van der Waals surface area contributed by atoms with Gasteiger partial charge in [-0.15, -0.1) is 0 Å². The van der Waals surface area contributed by atoms with Crippen LogP contribution < -0.4 is 0 Å². The molecule has 2 aliphatic rings. The van der Waals surface area contributed by atoms with E-state index in [1.165, 1.54) is 0 Å². The highest BCUT2D eigenvalue weighted by Crippen LogP contribution is 2.34. The van der Waals surface area contributed by atoms with Crippen molar-refractivity contribution in [2.75, 3.05) is 26.9 Å². The van der Waals surface area contributed by atoms with Gasteiger partial charge in [-0.2, -0.15) is 0 Å². The van der Waals surface area contributed by atoms with Crippen molar-refractivity contribution in [1.82, 2.24) is 14.9 Å². The lowest BCUT2D eigenvalue weighted by Crippen LogP contribution is -2.53. The Kier molecular flexibility index (Phi) is 4.24. The van der Waals surface area contributed by atoms with Gasteiger partial charge in [0.2, 0.25) is 0 Å². The second-order valence-corrected chi connectivity index (χ2v) is 6.61. The van der Waals surface area contributed by atoms with Crippen LogP contribution in [0.5, 0.6) is 0 Å². The fourth-order valence-electron chi connectivity index (χ4n) is 4.21. The summed E-state index contributed by atoms with van der Waals surface area (Å²) in [6.07, 6.45) is 5.15. The number of imidazole rings is 1. The normalized spacial score (nSPS) is 27.7. The van der Waals surface area contributed by atoms with Gasteiger partial charge in [0.15, 0.2) is 0 Å². The molecule has 2 aromatic rings. The molecule has 0 spiro atoms. The maximum atomic E-state index is 13.2. The van der Waals surface area contributed by atoms with E-state index >= 15 is 0 Å². The Bertz CT molecular complexity index is 729. The van der Waals surface area contributed by atoms with Crippen LogP contribution in [0.25, 0.3) is 11.0 Å². The minimum Gasteiger partial charge on any atom is -0.381 e. The molecule has 1 amide bonds. The Morgan fingerprint density at radius 2 is 2.33 bits per heavy atom. The zero-order chi connectivity index (χ0) is 16.5. The molecule has 2 heterocycles. The van der Waals surface area contributed by atoms with Crippen molar-refractivity contribution < 1.29 is 14.3 Å². The second-order valence-electron chi connectivity index (χ2n) is 6.61. The highest BCUT2D eigenvalue weighted by molar-refractivity contribution is 6.04. The van der Waals surface area contributed by atoms with Gasteiger partial charge < -0.3 is 19.4 Å². The van der Waals surface area contributed by atoms with E-state index in [0.717, 1.165) is 30.3 Å². The van der Waals surface area contributed by atoms with Crippen LogP contribution in [0.1, 0.15) is 29.6 Å². The van der Waals surface area contributed by atoms with Gasteiger partial charge in [-0.05, 0) is 25.0 Å². The minimum atomic E-state index is 0.0442. The first-order valence-electron chi connectivity index (χ1n) is 8.63. The number of nitrogens with zero attached hydrogens (tertiary/aromatic N) is 2. The molecule has 0 unspecified atom stereocenters. The van der Waals surface area contributed by atoms with E-state index in [2.05, 4.69) is 9.97 Å². The maximum absolute atomic E-state index is 13.2. The number of nitrogens with one attached hydrogen (secondary N) is 1. The second kappa shape index (κ2) is 6.53. The van der Waals surface area contributed by atoms with Crippen LogP contribution >= 0.6 is 0 Å². The average molecular weight is 329 g/mol. The third-order valence-electron chi connectivity index (χ3n) is 5.41. The summed E-state index contributed by atoms with van der Waals surface area (Å²) < 4.78 is 11.4. The molecular formula is C18H23N3O3. The molecule has 6 nitrogen and oxygen atoms in total. The molecule has 128 valence electrons. The number of aromatic amines is 1. The number of morpholine rings is 1. The quantitative estimate of drug-likeness (QED) is 0.937. The van der Waals surface area contributed by atoms with Crippen LogP contribution in [-0.4, -0.2) is 59.8 Å². The lowest BCUT2D eigenvalue weighted by molar-refractivity contribution is -0.0459. The van der Waals surface area contributed by atoms with Crippen LogP contribution in [0.15, 0.2) is 24.5 Å². The number of rotatable bonds is 3. The molecule has 2 fully saturated rings. The lowest BCUT2D eigenvalue weighted by Gasteiger charge is -2.40. The molecular weight excluding hydrogens is 306 g/mol. The van der Waals surface area contributed by atoms with Gasteiger partial charge in [-0.25, -0.2) is 4.98 Å². The summed E-state index contributed by atoms with van der Waals surface area (Å²) in [4.78, 5) is 22.6. The Hall–Kier alpha value is -1.92. The molecule has 4 rings (SSSR count). The predicted molar refractivity (Wildman–Crippen MR) is 89.9 cm³/mol. The molecule has 6 heteroatoms. The number of fused-ring (bicyclic) bond motifs is 1. The third kappa shape index (κ3) is 2.59. The van der Waals surface area contributed by atoms with Crippen molar-refractivity contribution in [3.63, 3.8) is 0 Å². The number of benzene rings is 1. The molecule has 1 aliphatic heterocycles. The fraction of sp³-hybridized carbons (Fsp3) is 0.556. The highest BCUT2D eigenvalue weighted by Gasteiger charge is 2.40. The zero-order valence-corrected chi connectivity index (χ0v) is 13.9. The summed E-state index contributed by atoms with van der Waals surface area (Å²) in [5.41, 5.74) is 2.29. The van der Waals surface area contributed by atoms with Crippen LogP contribution in [0.4, 0.5) is 0 Å². The van der Waals surface area contributed by atoms with E-state index < -0.39 is 0 Å². The van der Waals surface area contributed by atoms with Gasteiger partial charge >= 0.3 is 0 Å². The predicted octanol–water partition coefficient (Wildman–Crippen LogP) is 2.22. The average Bonchev–Trinajstić information content (AvgIpc) is 3.29. The Labute approximate surface area is 141 Å². The number of H-pyrrole nitrogens is 1. The van der Waals surface area contributed by atoms with Gasteiger partial charge in [0, 0.05) is 19.6 Å². The van der Waals surface area contributed by atoms with Crippen molar-refractivity contribution in [2.45, 2.75) is 31.4 Å². The molecule has 3 atom stereocenters. The van der Waals surface area contributed by atoms with Crippen LogP contribution in [-0.2, 0) is 9.47 Å². The molecule has 1 saturated carbocycles. The monoisotopic (exact) mass is 329 g/mol. The number of carbonyl (C=O) groups is 1. The van der Waals surface area contributed by atoms with Crippen LogP contribution in [0.3, 0.4) is 0 Å². The molecule has 24 heavy (non-hydrogen) atoms. The zero-order valence-electron chi connectivity index (χ0n) is 13.9. The summed E-state index contributed by atoms with van der Waals surface area (Å²) >= 11 is 0. The van der Waals surface area contributed by atoms with E-state index in [9.17, 15) is 4.79 Å². The van der Waals surface area contributed by atoms with E-state index in [0.29, 0.717) is 31.2 Å². The Balaban J connectivity index is 1.65. The molecule has 1 saturated heterocycles. The van der Waals surface area contributed by atoms with Crippen molar-refractivity contribution in [1.29, 1.82) is 0 Å². The summed E-state index contributed by atoms with van der Waals surface area (Å²) in [7, 11) is 1.77. The van der Waals surface area contributed by atoms with Crippen molar-refractivity contribution in [2.24, 2.45) is 5.92 Å². The first-order chi connectivity index (χ1) is 11.8. The number of hydrogen-bond acceptors (Lipinski definition) is 4. The first kappa shape index (κ1) is 15.6. The fourth-order valence-corrected chi connectivity index (χ4v) is 4.21. The highest BCUT2D eigenvalue weighted by atomic mass is 16.5. The van der Waals surface area contributed by atoms with Crippen molar-refractivity contribution in [3.8, 4) is 0 Å². The summed E-state index contributed by atoms with van der Waals surface area (Å²) in [6, 6.07) is 5.78. The number of aromatic nitrogens is 2.